The zero-order chi connectivity index (χ0) is 22.7. The van der Waals surface area contributed by atoms with Crippen molar-refractivity contribution in [1.82, 2.24) is 9.55 Å². The number of hydrogen-bond acceptors (Lipinski definition) is 5. The summed E-state index contributed by atoms with van der Waals surface area (Å²) in [5.74, 6) is 1.45. The Morgan fingerprint density at radius 2 is 1.81 bits per heavy atom. The molecule has 0 amide bonds. The maximum Gasteiger partial charge on any atom is 0.263 e. The van der Waals surface area contributed by atoms with Gasteiger partial charge in [-0.05, 0) is 55.7 Å². The summed E-state index contributed by atoms with van der Waals surface area (Å²) in [4.78, 5) is 20.5. The van der Waals surface area contributed by atoms with Crippen molar-refractivity contribution >= 4 is 44.9 Å². The Balaban J connectivity index is 1.61. The van der Waals surface area contributed by atoms with Gasteiger partial charge in [0.05, 0.1) is 18.5 Å². The van der Waals surface area contributed by atoms with Gasteiger partial charge in [-0.15, -0.1) is 11.3 Å². The summed E-state index contributed by atoms with van der Waals surface area (Å²) in [6, 6.07) is 15.6. The van der Waals surface area contributed by atoms with Crippen LogP contribution in [0, 0.1) is 13.8 Å². The second kappa shape index (κ2) is 10.1. The minimum Gasteiger partial charge on any atom is -0.493 e. The van der Waals surface area contributed by atoms with Crippen molar-refractivity contribution in [3.63, 3.8) is 0 Å². The van der Waals surface area contributed by atoms with Crippen LogP contribution >= 0.6 is 34.7 Å². The van der Waals surface area contributed by atoms with E-state index in [1.54, 1.807) is 27.7 Å². The Morgan fingerprint density at radius 1 is 1.09 bits per heavy atom. The molecule has 4 aromatic rings. The number of benzene rings is 2. The minimum absolute atomic E-state index is 0.0325. The van der Waals surface area contributed by atoms with Gasteiger partial charge in [0.2, 0.25) is 0 Å². The van der Waals surface area contributed by atoms with Crippen LogP contribution in [0.4, 0.5) is 0 Å². The average Bonchev–Trinajstić information content (AvgIpc) is 3.11. The molecule has 4 rings (SSSR count). The summed E-state index contributed by atoms with van der Waals surface area (Å²) in [7, 11) is 0. The fourth-order valence-electron chi connectivity index (χ4n) is 3.53. The molecule has 0 spiro atoms. The number of aromatic nitrogens is 2. The van der Waals surface area contributed by atoms with E-state index < -0.39 is 0 Å². The standard InChI is InChI=1S/C25H25ClN2O2S2/c1-4-21-17(3)22-23(32-21)27-25(31-14-13-30-20-11-9-19(26)10-12-20)28(24(22)29)15-18-7-5-16(2)6-8-18/h5-12H,4,13-15H2,1-3H3. The van der Waals surface area contributed by atoms with E-state index >= 15 is 0 Å². The number of fused-ring (bicyclic) bond motifs is 1. The quantitative estimate of drug-likeness (QED) is 0.162. The molecule has 0 saturated carbocycles. The molecule has 0 radical (unpaired) electrons. The average molecular weight is 485 g/mol. The van der Waals surface area contributed by atoms with Crippen LogP contribution in [0.2, 0.25) is 5.02 Å². The van der Waals surface area contributed by atoms with E-state index in [0.717, 1.165) is 38.7 Å². The molecule has 0 saturated heterocycles. The molecule has 166 valence electrons. The molecule has 2 heterocycles. The highest BCUT2D eigenvalue weighted by molar-refractivity contribution is 7.99. The number of hydrogen-bond donors (Lipinski definition) is 0. The van der Waals surface area contributed by atoms with E-state index in [2.05, 4.69) is 38.1 Å². The van der Waals surface area contributed by atoms with Crippen molar-refractivity contribution in [3.8, 4) is 5.75 Å². The molecule has 0 aliphatic carbocycles. The molecular weight excluding hydrogens is 460 g/mol. The monoisotopic (exact) mass is 484 g/mol. The van der Waals surface area contributed by atoms with E-state index in [4.69, 9.17) is 21.3 Å². The molecular formula is C25H25ClN2O2S2. The first-order valence-electron chi connectivity index (χ1n) is 10.6. The lowest BCUT2D eigenvalue weighted by Crippen LogP contribution is -2.24. The predicted octanol–water partition coefficient (Wildman–Crippen LogP) is 6.51. The summed E-state index contributed by atoms with van der Waals surface area (Å²) in [6.07, 6.45) is 0.904. The van der Waals surface area contributed by atoms with Crippen molar-refractivity contribution < 1.29 is 4.74 Å². The third kappa shape index (κ3) is 5.03. The zero-order valence-corrected chi connectivity index (χ0v) is 20.7. The Kier molecular flexibility index (Phi) is 7.23. The lowest BCUT2D eigenvalue weighted by Gasteiger charge is -2.13. The number of nitrogens with zero attached hydrogens (tertiary/aromatic N) is 2. The van der Waals surface area contributed by atoms with Gasteiger partial charge < -0.3 is 4.74 Å². The number of thioether (sulfide) groups is 1. The Hall–Kier alpha value is -2.28. The molecule has 0 fully saturated rings. The molecule has 0 atom stereocenters. The normalized spacial score (nSPS) is 11.2. The zero-order valence-electron chi connectivity index (χ0n) is 18.4. The highest BCUT2D eigenvalue weighted by atomic mass is 35.5. The van der Waals surface area contributed by atoms with E-state index in [-0.39, 0.29) is 5.56 Å². The minimum atomic E-state index is 0.0325. The van der Waals surface area contributed by atoms with Crippen LogP contribution in [0.25, 0.3) is 10.2 Å². The largest absolute Gasteiger partial charge is 0.493 e. The van der Waals surface area contributed by atoms with Gasteiger partial charge in [-0.25, -0.2) is 4.98 Å². The predicted molar refractivity (Wildman–Crippen MR) is 136 cm³/mol. The summed E-state index contributed by atoms with van der Waals surface area (Å²) in [6.45, 7) is 7.22. The van der Waals surface area contributed by atoms with E-state index in [9.17, 15) is 4.79 Å². The highest BCUT2D eigenvalue weighted by Gasteiger charge is 2.18. The molecule has 4 nitrogen and oxygen atoms in total. The third-order valence-corrected chi connectivity index (χ3v) is 7.82. The van der Waals surface area contributed by atoms with Gasteiger partial charge in [-0.2, -0.15) is 0 Å². The molecule has 2 aromatic heterocycles. The number of ether oxygens (including phenoxy) is 1. The van der Waals surface area contributed by atoms with Crippen LogP contribution in [-0.2, 0) is 13.0 Å². The molecule has 32 heavy (non-hydrogen) atoms. The van der Waals surface area contributed by atoms with Crippen LogP contribution < -0.4 is 10.3 Å². The van der Waals surface area contributed by atoms with Gasteiger partial charge >= 0.3 is 0 Å². The van der Waals surface area contributed by atoms with Crippen molar-refractivity contribution in [3.05, 3.63) is 85.5 Å². The van der Waals surface area contributed by atoms with Crippen molar-refractivity contribution in [2.45, 2.75) is 38.9 Å². The summed E-state index contributed by atoms with van der Waals surface area (Å²) < 4.78 is 7.63. The summed E-state index contributed by atoms with van der Waals surface area (Å²) in [5.41, 5.74) is 3.38. The molecule has 0 bridgehead atoms. The summed E-state index contributed by atoms with van der Waals surface area (Å²) in [5, 5.41) is 2.16. The fourth-order valence-corrected chi connectivity index (χ4v) is 5.63. The van der Waals surface area contributed by atoms with Crippen molar-refractivity contribution in [1.29, 1.82) is 0 Å². The van der Waals surface area contributed by atoms with E-state index in [1.807, 2.05) is 31.2 Å². The van der Waals surface area contributed by atoms with Crippen molar-refractivity contribution in [2.24, 2.45) is 0 Å². The lowest BCUT2D eigenvalue weighted by atomic mass is 10.1. The number of thiophene rings is 1. The number of rotatable bonds is 8. The van der Waals surface area contributed by atoms with E-state index in [1.165, 1.54) is 10.4 Å². The van der Waals surface area contributed by atoms with Crippen LogP contribution in [0.5, 0.6) is 5.75 Å². The molecule has 0 aliphatic heterocycles. The lowest BCUT2D eigenvalue weighted by molar-refractivity contribution is 0.344. The van der Waals surface area contributed by atoms with Crippen LogP contribution in [0.3, 0.4) is 0 Å². The van der Waals surface area contributed by atoms with Crippen molar-refractivity contribution in [2.75, 3.05) is 12.4 Å². The topological polar surface area (TPSA) is 44.1 Å². The third-order valence-electron chi connectivity index (χ3n) is 5.29. The van der Waals surface area contributed by atoms with Gasteiger partial charge in [0.15, 0.2) is 5.16 Å². The second-order valence-corrected chi connectivity index (χ2v) is 10.2. The van der Waals surface area contributed by atoms with Gasteiger partial charge in [-0.3, -0.25) is 9.36 Å². The van der Waals surface area contributed by atoms with E-state index in [0.29, 0.717) is 23.9 Å². The van der Waals surface area contributed by atoms with Gasteiger partial charge in [-0.1, -0.05) is 60.1 Å². The second-order valence-electron chi connectivity index (χ2n) is 7.61. The van der Waals surface area contributed by atoms with Gasteiger partial charge in [0.25, 0.3) is 5.56 Å². The van der Waals surface area contributed by atoms with Gasteiger partial charge in [0.1, 0.15) is 10.6 Å². The molecule has 0 unspecified atom stereocenters. The first-order chi connectivity index (χ1) is 15.5. The molecule has 2 aromatic carbocycles. The first kappa shape index (κ1) is 22.9. The molecule has 7 heteroatoms. The SMILES string of the molecule is CCc1sc2nc(SCCOc3ccc(Cl)cc3)n(Cc3ccc(C)cc3)c(=O)c2c1C. The highest BCUT2D eigenvalue weighted by Crippen LogP contribution is 2.30. The van der Waals surface area contributed by atoms with Gasteiger partial charge in [0, 0.05) is 15.7 Å². The van der Waals surface area contributed by atoms with Crippen LogP contribution in [0.15, 0.2) is 58.5 Å². The fraction of sp³-hybridized carbons (Fsp3) is 0.280. The number of aryl methyl sites for hydroxylation is 3. The molecule has 0 aliphatic rings. The van der Waals surface area contributed by atoms with Crippen LogP contribution in [0.1, 0.15) is 28.5 Å². The molecule has 0 N–H and O–H groups in total. The first-order valence-corrected chi connectivity index (χ1v) is 12.7. The van der Waals surface area contributed by atoms with Crippen LogP contribution in [-0.4, -0.2) is 21.9 Å². The summed E-state index contributed by atoms with van der Waals surface area (Å²) >= 11 is 9.11. The maximum atomic E-state index is 13.5. The Labute approximate surface area is 201 Å². The smallest absolute Gasteiger partial charge is 0.263 e. The Morgan fingerprint density at radius 3 is 2.50 bits per heavy atom. The number of halogens is 1. The maximum absolute atomic E-state index is 13.5. The Bertz CT molecular complexity index is 1280.